The van der Waals surface area contributed by atoms with Gasteiger partial charge in [0.1, 0.15) is 5.82 Å². The summed E-state index contributed by atoms with van der Waals surface area (Å²) in [6.45, 7) is 1.41. The van der Waals surface area contributed by atoms with Gasteiger partial charge in [-0.05, 0) is 61.4 Å². The van der Waals surface area contributed by atoms with E-state index in [0.29, 0.717) is 23.9 Å². The molecule has 3 aromatic carbocycles. The molecule has 1 aliphatic heterocycles. The summed E-state index contributed by atoms with van der Waals surface area (Å²) in [7, 11) is 0. The first-order valence-corrected chi connectivity index (χ1v) is 11.5. The van der Waals surface area contributed by atoms with Gasteiger partial charge in [-0.25, -0.2) is 4.98 Å². The minimum Gasteiger partial charge on any atom is -0.416 e. The Balaban J connectivity index is 1.17. The lowest BCUT2D eigenvalue weighted by Gasteiger charge is -2.32. The van der Waals surface area contributed by atoms with E-state index in [-0.39, 0.29) is 11.8 Å². The second kappa shape index (κ2) is 8.59. The Kier molecular flexibility index (Phi) is 5.14. The third kappa shape index (κ3) is 3.85. The number of carbonyl (C=O) groups excluding carboxylic acids is 1. The number of H-pyrrole nitrogens is 1. The molecule has 1 saturated heterocycles. The maximum absolute atomic E-state index is 13.2. The number of hydrogen-bond donors (Lipinski definition) is 1. The molecular weight excluding hydrogens is 426 g/mol. The van der Waals surface area contributed by atoms with Gasteiger partial charge in [-0.3, -0.25) is 4.79 Å². The predicted octanol–water partition coefficient (Wildman–Crippen LogP) is 5.30. The van der Waals surface area contributed by atoms with Crippen molar-refractivity contribution in [1.29, 1.82) is 0 Å². The fraction of sp³-hybridized carbons (Fsp3) is 0.185. The van der Waals surface area contributed by atoms with Crippen LogP contribution in [-0.4, -0.2) is 44.1 Å². The zero-order chi connectivity index (χ0) is 22.9. The maximum Gasteiger partial charge on any atom is 0.253 e. The number of nitrogens with zero attached hydrogens (tertiary/aromatic N) is 4. The van der Waals surface area contributed by atoms with E-state index in [9.17, 15) is 4.79 Å². The van der Waals surface area contributed by atoms with Gasteiger partial charge in [0.2, 0.25) is 11.8 Å². The van der Waals surface area contributed by atoms with Crippen LogP contribution >= 0.6 is 0 Å². The van der Waals surface area contributed by atoms with E-state index in [1.807, 2.05) is 83.8 Å². The van der Waals surface area contributed by atoms with Crippen molar-refractivity contribution in [2.75, 3.05) is 13.1 Å². The van der Waals surface area contributed by atoms with Crippen LogP contribution in [-0.2, 0) is 0 Å². The lowest BCUT2D eigenvalue weighted by atomic mass is 9.96. The van der Waals surface area contributed by atoms with Crippen LogP contribution in [0.1, 0.15) is 34.9 Å². The van der Waals surface area contributed by atoms with Crippen molar-refractivity contribution in [3.63, 3.8) is 0 Å². The van der Waals surface area contributed by atoms with Gasteiger partial charge in [0, 0.05) is 35.7 Å². The van der Waals surface area contributed by atoms with Crippen LogP contribution in [0.25, 0.3) is 33.9 Å². The molecule has 0 radical (unpaired) electrons. The molecule has 34 heavy (non-hydrogen) atoms. The number of imidazole rings is 1. The summed E-state index contributed by atoms with van der Waals surface area (Å²) in [6, 6.07) is 25.1. The van der Waals surface area contributed by atoms with Gasteiger partial charge in [0.25, 0.3) is 5.91 Å². The van der Waals surface area contributed by atoms with E-state index in [1.165, 1.54) is 0 Å². The first-order valence-electron chi connectivity index (χ1n) is 11.5. The zero-order valence-electron chi connectivity index (χ0n) is 18.5. The van der Waals surface area contributed by atoms with Crippen LogP contribution in [0.2, 0.25) is 0 Å². The van der Waals surface area contributed by atoms with Gasteiger partial charge in [-0.2, -0.15) is 0 Å². The number of hydrogen-bond acceptors (Lipinski definition) is 5. The fourth-order valence-corrected chi connectivity index (χ4v) is 4.53. The predicted molar refractivity (Wildman–Crippen MR) is 129 cm³/mol. The summed E-state index contributed by atoms with van der Waals surface area (Å²) < 4.78 is 5.83. The molecule has 2 aromatic heterocycles. The van der Waals surface area contributed by atoms with Crippen molar-refractivity contribution in [3.8, 4) is 22.9 Å². The van der Waals surface area contributed by atoms with Gasteiger partial charge in [-0.15, -0.1) is 10.2 Å². The fourth-order valence-electron chi connectivity index (χ4n) is 4.53. The van der Waals surface area contributed by atoms with Crippen molar-refractivity contribution in [3.05, 3.63) is 90.3 Å². The number of benzene rings is 3. The largest absolute Gasteiger partial charge is 0.416 e. The third-order valence-corrected chi connectivity index (χ3v) is 6.33. The molecule has 7 nitrogen and oxygen atoms in total. The summed E-state index contributed by atoms with van der Waals surface area (Å²) in [4.78, 5) is 23.3. The summed E-state index contributed by atoms with van der Waals surface area (Å²) >= 11 is 0. The lowest BCUT2D eigenvalue weighted by molar-refractivity contribution is 0.0705. The molecule has 1 fully saturated rings. The van der Waals surface area contributed by atoms with Crippen molar-refractivity contribution in [2.24, 2.45) is 0 Å². The Labute approximate surface area is 196 Å². The van der Waals surface area contributed by atoms with Crippen LogP contribution in [0.15, 0.2) is 83.3 Å². The smallest absolute Gasteiger partial charge is 0.253 e. The quantitative estimate of drug-likeness (QED) is 0.402. The molecule has 3 heterocycles. The number of nitrogens with one attached hydrogen (secondary N) is 1. The summed E-state index contributed by atoms with van der Waals surface area (Å²) in [5.41, 5.74) is 4.31. The maximum atomic E-state index is 13.2. The zero-order valence-corrected chi connectivity index (χ0v) is 18.5. The topological polar surface area (TPSA) is 87.9 Å². The Hall–Kier alpha value is -4.26. The molecule has 1 atom stereocenters. The molecule has 1 N–H and O–H groups in total. The summed E-state index contributed by atoms with van der Waals surface area (Å²) in [6.07, 6.45) is 1.97. The Morgan fingerprint density at radius 3 is 2.35 bits per heavy atom. The number of likely N-dealkylation sites (tertiary alicyclic amines) is 1. The third-order valence-electron chi connectivity index (χ3n) is 6.33. The van der Waals surface area contributed by atoms with Crippen LogP contribution in [0, 0.1) is 0 Å². The van der Waals surface area contributed by atoms with Gasteiger partial charge in [0.05, 0.1) is 11.0 Å². The SMILES string of the molecule is O=C(c1ccc(-c2nnc(-c3ccccc3)o2)cc1)N1CCCC(c2nc3ccccc3[nH]2)C1. The average Bonchev–Trinajstić information content (AvgIpc) is 3.57. The first kappa shape index (κ1) is 20.4. The second-order valence-electron chi connectivity index (χ2n) is 8.59. The Morgan fingerprint density at radius 2 is 1.59 bits per heavy atom. The first-order chi connectivity index (χ1) is 16.7. The molecule has 168 valence electrons. The number of piperidine rings is 1. The Morgan fingerprint density at radius 1 is 0.882 bits per heavy atom. The van der Waals surface area contributed by atoms with E-state index in [2.05, 4.69) is 15.2 Å². The van der Waals surface area contributed by atoms with E-state index in [1.54, 1.807) is 0 Å². The van der Waals surface area contributed by atoms with Crippen LogP contribution < -0.4 is 0 Å². The highest BCUT2D eigenvalue weighted by Gasteiger charge is 2.27. The number of para-hydroxylation sites is 2. The van der Waals surface area contributed by atoms with Crippen LogP contribution in [0.4, 0.5) is 0 Å². The normalized spacial score (nSPS) is 16.1. The average molecular weight is 450 g/mol. The standard InChI is InChI=1S/C27H23N5O2/c33-27(32-16-6-9-21(17-32)24-28-22-10-4-5-11-23(22)29-24)20-14-12-19(13-15-20)26-31-30-25(34-26)18-7-2-1-3-8-18/h1-5,7-8,10-15,21H,6,9,16-17H2,(H,28,29). The molecular formula is C27H23N5O2. The number of rotatable bonds is 4. The highest BCUT2D eigenvalue weighted by Crippen LogP contribution is 2.28. The van der Waals surface area contributed by atoms with Crippen molar-refractivity contribution in [1.82, 2.24) is 25.1 Å². The van der Waals surface area contributed by atoms with Gasteiger partial charge < -0.3 is 14.3 Å². The molecule has 0 aliphatic carbocycles. The van der Waals surface area contributed by atoms with Crippen LogP contribution in [0.3, 0.4) is 0 Å². The molecule has 0 spiro atoms. The van der Waals surface area contributed by atoms with E-state index in [0.717, 1.165) is 47.4 Å². The summed E-state index contributed by atoms with van der Waals surface area (Å²) in [5, 5.41) is 8.31. The number of aromatic nitrogens is 4. The molecule has 0 bridgehead atoms. The molecule has 0 saturated carbocycles. The van der Waals surface area contributed by atoms with Gasteiger partial charge in [-0.1, -0.05) is 30.3 Å². The number of fused-ring (bicyclic) bond motifs is 1. The summed E-state index contributed by atoms with van der Waals surface area (Å²) in [5.74, 6) is 2.10. The molecule has 1 unspecified atom stereocenters. The minimum absolute atomic E-state index is 0.0304. The highest BCUT2D eigenvalue weighted by molar-refractivity contribution is 5.94. The number of amides is 1. The van der Waals surface area contributed by atoms with Gasteiger partial charge in [0.15, 0.2) is 0 Å². The number of aromatic amines is 1. The van der Waals surface area contributed by atoms with E-state index >= 15 is 0 Å². The molecule has 1 amide bonds. The minimum atomic E-state index is 0.0304. The van der Waals surface area contributed by atoms with Crippen LogP contribution in [0.5, 0.6) is 0 Å². The molecule has 7 heteroatoms. The van der Waals surface area contributed by atoms with E-state index in [4.69, 9.17) is 9.40 Å². The van der Waals surface area contributed by atoms with Crippen molar-refractivity contribution < 1.29 is 9.21 Å². The van der Waals surface area contributed by atoms with Gasteiger partial charge >= 0.3 is 0 Å². The number of carbonyl (C=O) groups is 1. The lowest BCUT2D eigenvalue weighted by Crippen LogP contribution is -2.39. The van der Waals surface area contributed by atoms with Crippen molar-refractivity contribution in [2.45, 2.75) is 18.8 Å². The molecule has 1 aliphatic rings. The van der Waals surface area contributed by atoms with E-state index < -0.39 is 0 Å². The van der Waals surface area contributed by atoms with Crippen molar-refractivity contribution >= 4 is 16.9 Å². The molecule has 6 rings (SSSR count). The molecule has 5 aromatic rings. The second-order valence-corrected chi connectivity index (χ2v) is 8.59. The Bertz CT molecular complexity index is 1410. The highest BCUT2D eigenvalue weighted by atomic mass is 16.4. The monoisotopic (exact) mass is 449 g/mol.